The van der Waals surface area contributed by atoms with Crippen molar-refractivity contribution in [2.45, 2.75) is 24.8 Å². The Morgan fingerprint density at radius 3 is 2.25 bits per heavy atom. The Labute approximate surface area is 126 Å². The Kier molecular flexibility index (Phi) is 7.78. The van der Waals surface area contributed by atoms with E-state index in [2.05, 4.69) is 10.6 Å². The minimum absolute atomic E-state index is 0. The van der Waals surface area contributed by atoms with Crippen molar-refractivity contribution in [1.82, 2.24) is 10.6 Å². The Hall–Kier alpha value is -1.11. The van der Waals surface area contributed by atoms with Crippen LogP contribution < -0.4 is 10.6 Å². The minimum atomic E-state index is -3.21. The Morgan fingerprint density at radius 1 is 1.25 bits per heavy atom. The van der Waals surface area contributed by atoms with Gasteiger partial charge in [0, 0.05) is 18.2 Å². The lowest BCUT2D eigenvalue weighted by Crippen LogP contribution is -2.37. The lowest BCUT2D eigenvalue weighted by atomic mass is 10.2. The van der Waals surface area contributed by atoms with Gasteiger partial charge in [0.05, 0.1) is 10.6 Å². The second kappa shape index (κ2) is 8.24. The molecule has 0 fully saturated rings. The smallest absolute Gasteiger partial charge is 0.251 e. The molecule has 0 aliphatic heterocycles. The first-order chi connectivity index (χ1) is 8.90. The predicted molar refractivity (Wildman–Crippen MR) is 82.3 cm³/mol. The maximum atomic E-state index is 11.8. The molecular weight excluding hydrogens is 300 g/mol. The molecule has 0 aromatic heterocycles. The number of amides is 1. The van der Waals surface area contributed by atoms with Crippen molar-refractivity contribution in [1.29, 1.82) is 0 Å². The van der Waals surface area contributed by atoms with Crippen molar-refractivity contribution in [3.8, 4) is 0 Å². The van der Waals surface area contributed by atoms with Gasteiger partial charge in [-0.3, -0.25) is 4.79 Å². The first-order valence-electron chi connectivity index (χ1n) is 6.19. The van der Waals surface area contributed by atoms with Gasteiger partial charge in [0.1, 0.15) is 0 Å². The maximum absolute atomic E-state index is 11.8. The van der Waals surface area contributed by atoms with E-state index in [9.17, 15) is 13.2 Å². The third-order valence-electron chi connectivity index (χ3n) is 2.92. The third kappa shape index (κ3) is 5.11. The molecule has 114 valence electrons. The number of rotatable bonds is 6. The predicted octanol–water partition coefficient (Wildman–Crippen LogP) is 1.24. The van der Waals surface area contributed by atoms with Gasteiger partial charge in [-0.05, 0) is 38.2 Å². The first kappa shape index (κ1) is 18.9. The molecule has 0 heterocycles. The molecule has 0 aliphatic rings. The summed E-state index contributed by atoms with van der Waals surface area (Å²) in [6.07, 6.45) is 0. The van der Waals surface area contributed by atoms with Gasteiger partial charge in [0.15, 0.2) is 9.84 Å². The second-order valence-electron chi connectivity index (χ2n) is 4.33. The van der Waals surface area contributed by atoms with Gasteiger partial charge in [-0.2, -0.15) is 0 Å². The quantitative estimate of drug-likeness (QED) is 0.827. The number of likely N-dealkylation sites (N-methyl/N-ethyl adjacent to an activating group) is 1. The molecule has 1 unspecified atom stereocenters. The molecule has 1 atom stereocenters. The van der Waals surface area contributed by atoms with Gasteiger partial charge in [-0.25, -0.2) is 8.42 Å². The SMILES string of the molecule is CCS(=O)(=O)c1ccc(C(=O)NCC(C)NC)cc1.Cl. The van der Waals surface area contributed by atoms with E-state index in [1.807, 2.05) is 14.0 Å². The van der Waals surface area contributed by atoms with Crippen LogP contribution in [0.5, 0.6) is 0 Å². The third-order valence-corrected chi connectivity index (χ3v) is 4.67. The molecule has 1 amide bonds. The zero-order valence-electron chi connectivity index (χ0n) is 11.8. The molecule has 7 heteroatoms. The Balaban J connectivity index is 0.00000361. The van der Waals surface area contributed by atoms with Crippen LogP contribution in [0.25, 0.3) is 0 Å². The normalized spacial score (nSPS) is 12.3. The first-order valence-corrected chi connectivity index (χ1v) is 7.84. The van der Waals surface area contributed by atoms with Gasteiger partial charge >= 0.3 is 0 Å². The summed E-state index contributed by atoms with van der Waals surface area (Å²) in [6.45, 7) is 4.07. The van der Waals surface area contributed by atoms with E-state index < -0.39 is 9.84 Å². The number of carbonyl (C=O) groups excluding carboxylic acids is 1. The average Bonchev–Trinajstić information content (AvgIpc) is 2.44. The van der Waals surface area contributed by atoms with E-state index in [1.165, 1.54) is 24.3 Å². The minimum Gasteiger partial charge on any atom is -0.350 e. The molecule has 1 aromatic carbocycles. The number of benzene rings is 1. The van der Waals surface area contributed by atoms with Crippen LogP contribution in [-0.2, 0) is 9.84 Å². The standard InChI is InChI=1S/C13H20N2O3S.ClH/c1-4-19(17,18)12-7-5-11(6-8-12)13(16)15-9-10(2)14-3;/h5-8,10,14H,4,9H2,1-3H3,(H,15,16);1H. The topological polar surface area (TPSA) is 75.3 Å². The van der Waals surface area contributed by atoms with Gasteiger partial charge in [0.2, 0.25) is 0 Å². The summed E-state index contributed by atoms with van der Waals surface area (Å²) in [5.41, 5.74) is 0.457. The molecule has 1 rings (SSSR count). The maximum Gasteiger partial charge on any atom is 0.251 e. The van der Waals surface area contributed by atoms with Crippen molar-refractivity contribution < 1.29 is 13.2 Å². The van der Waals surface area contributed by atoms with E-state index >= 15 is 0 Å². The molecule has 20 heavy (non-hydrogen) atoms. The van der Waals surface area contributed by atoms with Crippen LogP contribution in [0.4, 0.5) is 0 Å². The van der Waals surface area contributed by atoms with E-state index in [1.54, 1.807) is 6.92 Å². The summed E-state index contributed by atoms with van der Waals surface area (Å²) in [5, 5.41) is 5.79. The summed E-state index contributed by atoms with van der Waals surface area (Å²) in [5.74, 6) is -0.152. The summed E-state index contributed by atoms with van der Waals surface area (Å²) < 4.78 is 23.3. The number of sulfone groups is 1. The zero-order valence-corrected chi connectivity index (χ0v) is 13.5. The lowest BCUT2D eigenvalue weighted by Gasteiger charge is -2.11. The molecule has 0 saturated heterocycles. The summed E-state index contributed by atoms with van der Waals surface area (Å²) in [4.78, 5) is 12.1. The van der Waals surface area contributed by atoms with E-state index in [0.29, 0.717) is 12.1 Å². The summed E-state index contributed by atoms with van der Waals surface area (Å²) in [6, 6.07) is 6.18. The molecule has 0 aliphatic carbocycles. The number of hydrogen-bond donors (Lipinski definition) is 2. The molecule has 0 bridgehead atoms. The van der Waals surface area contributed by atoms with E-state index in [0.717, 1.165) is 0 Å². The molecule has 0 saturated carbocycles. The van der Waals surface area contributed by atoms with Crippen LogP contribution in [0.1, 0.15) is 24.2 Å². The van der Waals surface area contributed by atoms with Gasteiger partial charge < -0.3 is 10.6 Å². The lowest BCUT2D eigenvalue weighted by molar-refractivity contribution is 0.0950. The van der Waals surface area contributed by atoms with Crippen molar-refractivity contribution in [2.75, 3.05) is 19.3 Å². The van der Waals surface area contributed by atoms with Crippen molar-refractivity contribution >= 4 is 28.2 Å². The number of carbonyl (C=O) groups is 1. The van der Waals surface area contributed by atoms with Gasteiger partial charge in [-0.1, -0.05) is 6.92 Å². The van der Waals surface area contributed by atoms with Crippen LogP contribution in [0.15, 0.2) is 29.2 Å². The fourth-order valence-electron chi connectivity index (χ4n) is 1.43. The Bertz CT molecular complexity index is 529. The van der Waals surface area contributed by atoms with Crippen LogP contribution in [-0.4, -0.2) is 39.7 Å². The van der Waals surface area contributed by atoms with Crippen LogP contribution in [0, 0.1) is 0 Å². The zero-order chi connectivity index (χ0) is 14.5. The summed E-state index contributed by atoms with van der Waals surface area (Å²) in [7, 11) is -1.39. The number of nitrogens with one attached hydrogen (secondary N) is 2. The van der Waals surface area contributed by atoms with Crippen molar-refractivity contribution in [2.24, 2.45) is 0 Å². The average molecular weight is 321 g/mol. The second-order valence-corrected chi connectivity index (χ2v) is 6.61. The van der Waals surface area contributed by atoms with Crippen LogP contribution in [0.3, 0.4) is 0 Å². The molecule has 0 radical (unpaired) electrons. The van der Waals surface area contributed by atoms with Crippen LogP contribution in [0.2, 0.25) is 0 Å². The highest BCUT2D eigenvalue weighted by molar-refractivity contribution is 7.91. The highest BCUT2D eigenvalue weighted by Crippen LogP contribution is 2.12. The highest BCUT2D eigenvalue weighted by atomic mass is 35.5. The Morgan fingerprint density at radius 2 is 1.80 bits per heavy atom. The van der Waals surface area contributed by atoms with Gasteiger partial charge in [0.25, 0.3) is 5.91 Å². The molecule has 0 spiro atoms. The summed E-state index contributed by atoms with van der Waals surface area (Å²) >= 11 is 0. The highest BCUT2D eigenvalue weighted by Gasteiger charge is 2.12. The van der Waals surface area contributed by atoms with E-state index in [-0.39, 0.29) is 35.0 Å². The largest absolute Gasteiger partial charge is 0.350 e. The molecule has 2 N–H and O–H groups in total. The van der Waals surface area contributed by atoms with Crippen LogP contribution >= 0.6 is 12.4 Å². The molecule has 5 nitrogen and oxygen atoms in total. The number of halogens is 1. The van der Waals surface area contributed by atoms with Crippen molar-refractivity contribution in [3.05, 3.63) is 29.8 Å². The number of hydrogen-bond acceptors (Lipinski definition) is 4. The van der Waals surface area contributed by atoms with Gasteiger partial charge in [-0.15, -0.1) is 12.4 Å². The monoisotopic (exact) mass is 320 g/mol. The van der Waals surface area contributed by atoms with E-state index in [4.69, 9.17) is 0 Å². The molecular formula is C13H21ClN2O3S. The fraction of sp³-hybridized carbons (Fsp3) is 0.462. The molecule has 1 aromatic rings. The fourth-order valence-corrected chi connectivity index (χ4v) is 2.31. The van der Waals surface area contributed by atoms with Crippen molar-refractivity contribution in [3.63, 3.8) is 0 Å².